The molecule has 2 N–H and O–H groups in total. The Morgan fingerprint density at radius 1 is 1.03 bits per heavy atom. The van der Waals surface area contributed by atoms with Crippen LogP contribution in [0.2, 0.25) is 5.02 Å². The van der Waals surface area contributed by atoms with E-state index in [1.807, 2.05) is 6.92 Å². The minimum atomic E-state index is -4.61. The van der Waals surface area contributed by atoms with E-state index in [9.17, 15) is 13.2 Å². The van der Waals surface area contributed by atoms with Gasteiger partial charge in [0.25, 0.3) is 0 Å². The van der Waals surface area contributed by atoms with Crippen LogP contribution >= 0.6 is 11.6 Å². The van der Waals surface area contributed by atoms with Crippen molar-refractivity contribution in [2.45, 2.75) is 19.5 Å². The van der Waals surface area contributed by atoms with E-state index in [0.717, 1.165) is 12.6 Å². The summed E-state index contributed by atoms with van der Waals surface area (Å²) in [7, 11) is 0. The highest BCUT2D eigenvalue weighted by atomic mass is 35.5. The van der Waals surface area contributed by atoms with E-state index in [-0.39, 0.29) is 11.8 Å². The number of anilines is 4. The molecule has 3 aromatic rings. The van der Waals surface area contributed by atoms with Gasteiger partial charge in [0.2, 0.25) is 5.95 Å². The predicted molar refractivity (Wildman–Crippen MR) is 107 cm³/mol. The van der Waals surface area contributed by atoms with Crippen LogP contribution in [0.25, 0.3) is 0 Å². The third kappa shape index (κ3) is 5.74. The molecule has 0 saturated carbocycles. The summed E-state index contributed by atoms with van der Waals surface area (Å²) in [4.78, 5) is 7.80. The minimum Gasteiger partial charge on any atom is -0.494 e. The normalized spacial score (nSPS) is 11.2. The summed E-state index contributed by atoms with van der Waals surface area (Å²) >= 11 is 5.84. The first-order valence-electron chi connectivity index (χ1n) is 8.82. The third-order valence-corrected chi connectivity index (χ3v) is 4.02. The van der Waals surface area contributed by atoms with Crippen molar-refractivity contribution in [1.29, 1.82) is 0 Å². The number of alkyl halides is 3. The molecule has 0 fully saturated rings. The highest BCUT2D eigenvalue weighted by Crippen LogP contribution is 2.35. The molecule has 0 aliphatic rings. The van der Waals surface area contributed by atoms with Crippen molar-refractivity contribution in [3.8, 4) is 5.75 Å². The van der Waals surface area contributed by atoms with Crippen LogP contribution in [0.15, 0.2) is 54.7 Å². The Balaban J connectivity index is 1.89. The first kappa shape index (κ1) is 20.7. The lowest BCUT2D eigenvalue weighted by atomic mass is 10.2. The largest absolute Gasteiger partial charge is 0.494 e. The van der Waals surface area contributed by atoms with Gasteiger partial charge in [-0.3, -0.25) is 0 Å². The number of nitrogens with one attached hydrogen (secondary N) is 2. The lowest BCUT2D eigenvalue weighted by molar-refractivity contribution is -0.137. The van der Waals surface area contributed by atoms with E-state index in [2.05, 4.69) is 20.6 Å². The lowest BCUT2D eigenvalue weighted by Crippen LogP contribution is -2.12. The Labute approximate surface area is 170 Å². The van der Waals surface area contributed by atoms with Crippen LogP contribution in [0.1, 0.15) is 18.9 Å². The third-order valence-electron chi connectivity index (χ3n) is 3.76. The van der Waals surface area contributed by atoms with Gasteiger partial charge in [0, 0.05) is 28.7 Å². The molecule has 0 radical (unpaired) electrons. The van der Waals surface area contributed by atoms with Gasteiger partial charge in [0.15, 0.2) is 0 Å². The van der Waals surface area contributed by atoms with Crippen LogP contribution in [0, 0.1) is 0 Å². The predicted octanol–water partition coefficient (Wildman–Crippen LogP) is 6.42. The Bertz CT molecular complexity index is 965. The number of halogens is 4. The molecule has 2 aromatic carbocycles. The van der Waals surface area contributed by atoms with Crippen molar-refractivity contribution in [3.05, 3.63) is 65.3 Å². The molecule has 0 spiro atoms. The molecule has 0 bridgehead atoms. The van der Waals surface area contributed by atoms with Gasteiger partial charge in [-0.15, -0.1) is 0 Å². The van der Waals surface area contributed by atoms with Crippen LogP contribution in [0.3, 0.4) is 0 Å². The molecule has 29 heavy (non-hydrogen) atoms. The monoisotopic (exact) mass is 422 g/mol. The van der Waals surface area contributed by atoms with Gasteiger partial charge in [-0.05, 0) is 42.8 Å². The summed E-state index contributed by atoms with van der Waals surface area (Å²) < 4.78 is 45.8. The van der Waals surface area contributed by atoms with E-state index < -0.39 is 11.7 Å². The average Bonchev–Trinajstić information content (AvgIpc) is 2.68. The van der Waals surface area contributed by atoms with E-state index >= 15 is 0 Å². The molecular formula is C20H18ClF3N4O. The van der Waals surface area contributed by atoms with Crippen molar-refractivity contribution < 1.29 is 17.9 Å². The van der Waals surface area contributed by atoms with Crippen LogP contribution < -0.4 is 15.4 Å². The van der Waals surface area contributed by atoms with Gasteiger partial charge >= 0.3 is 6.18 Å². The van der Waals surface area contributed by atoms with E-state index in [4.69, 9.17) is 16.3 Å². The van der Waals surface area contributed by atoms with Crippen molar-refractivity contribution in [2.75, 3.05) is 17.2 Å². The van der Waals surface area contributed by atoms with Crippen molar-refractivity contribution >= 4 is 34.7 Å². The summed E-state index contributed by atoms with van der Waals surface area (Å²) in [6.07, 6.45) is -3.05. The Kier molecular flexibility index (Phi) is 6.43. The SMILES string of the molecule is CCCOc1cccc(Nc2nc(Nc3ccc(Cl)cc3)ncc2C(F)(F)F)c1. The second-order valence-corrected chi connectivity index (χ2v) is 6.52. The van der Waals surface area contributed by atoms with Crippen LogP contribution in [0.5, 0.6) is 5.75 Å². The second-order valence-electron chi connectivity index (χ2n) is 6.09. The zero-order chi connectivity index (χ0) is 20.9. The summed E-state index contributed by atoms with van der Waals surface area (Å²) in [6.45, 7) is 2.48. The maximum atomic E-state index is 13.4. The maximum Gasteiger partial charge on any atom is 0.421 e. The van der Waals surface area contributed by atoms with Crippen LogP contribution in [-0.4, -0.2) is 16.6 Å². The summed E-state index contributed by atoms with van der Waals surface area (Å²) in [6, 6.07) is 13.3. The van der Waals surface area contributed by atoms with Gasteiger partial charge in [-0.2, -0.15) is 18.2 Å². The molecule has 0 atom stereocenters. The summed E-state index contributed by atoms with van der Waals surface area (Å²) in [5, 5.41) is 6.12. The molecular weight excluding hydrogens is 405 g/mol. The Hall–Kier alpha value is -3.00. The van der Waals surface area contributed by atoms with Gasteiger partial charge in [-0.1, -0.05) is 24.6 Å². The smallest absolute Gasteiger partial charge is 0.421 e. The number of benzene rings is 2. The fourth-order valence-corrected chi connectivity index (χ4v) is 2.55. The highest BCUT2D eigenvalue weighted by molar-refractivity contribution is 6.30. The first-order chi connectivity index (χ1) is 13.8. The molecule has 0 unspecified atom stereocenters. The van der Waals surface area contributed by atoms with E-state index in [0.29, 0.717) is 28.8 Å². The minimum absolute atomic E-state index is 0.0150. The zero-order valence-corrected chi connectivity index (χ0v) is 16.2. The molecule has 0 aliphatic carbocycles. The molecule has 0 aliphatic heterocycles. The fraction of sp³-hybridized carbons (Fsp3) is 0.200. The standard InChI is InChI=1S/C20H18ClF3N4O/c1-2-10-29-16-5-3-4-15(11-16)26-18-17(20(22,23)24)12-25-19(28-18)27-14-8-6-13(21)7-9-14/h3-9,11-12H,2,10H2,1H3,(H2,25,26,27,28). The van der Waals surface area contributed by atoms with Gasteiger partial charge in [0.1, 0.15) is 17.1 Å². The van der Waals surface area contributed by atoms with Crippen molar-refractivity contribution in [2.24, 2.45) is 0 Å². The number of rotatable bonds is 7. The van der Waals surface area contributed by atoms with Crippen LogP contribution in [-0.2, 0) is 6.18 Å². The molecule has 152 valence electrons. The first-order valence-corrected chi connectivity index (χ1v) is 9.19. The molecule has 1 aromatic heterocycles. The molecule has 0 amide bonds. The quantitative estimate of drug-likeness (QED) is 0.459. The molecule has 3 rings (SSSR count). The summed E-state index contributed by atoms with van der Waals surface area (Å²) in [5.74, 6) is 0.205. The fourth-order valence-electron chi connectivity index (χ4n) is 2.43. The Morgan fingerprint density at radius 2 is 1.79 bits per heavy atom. The molecule has 5 nitrogen and oxygen atoms in total. The number of nitrogens with zero attached hydrogens (tertiary/aromatic N) is 2. The lowest BCUT2D eigenvalue weighted by Gasteiger charge is -2.15. The molecule has 0 saturated heterocycles. The highest BCUT2D eigenvalue weighted by Gasteiger charge is 2.35. The number of hydrogen-bond acceptors (Lipinski definition) is 5. The molecule has 9 heteroatoms. The van der Waals surface area contributed by atoms with E-state index in [1.54, 1.807) is 48.5 Å². The van der Waals surface area contributed by atoms with Gasteiger partial charge < -0.3 is 15.4 Å². The number of ether oxygens (including phenoxy) is 1. The second kappa shape index (κ2) is 9.00. The molecule has 1 heterocycles. The van der Waals surface area contributed by atoms with Crippen LogP contribution in [0.4, 0.5) is 36.3 Å². The average molecular weight is 423 g/mol. The maximum absolute atomic E-state index is 13.4. The zero-order valence-electron chi connectivity index (χ0n) is 15.4. The summed E-state index contributed by atoms with van der Waals surface area (Å²) in [5.41, 5.74) is 0.0364. The van der Waals surface area contributed by atoms with E-state index in [1.165, 1.54) is 0 Å². The Morgan fingerprint density at radius 3 is 2.48 bits per heavy atom. The number of aromatic nitrogens is 2. The topological polar surface area (TPSA) is 59.1 Å². The van der Waals surface area contributed by atoms with Crippen molar-refractivity contribution in [1.82, 2.24) is 9.97 Å². The van der Waals surface area contributed by atoms with Gasteiger partial charge in [0.05, 0.1) is 6.61 Å². The van der Waals surface area contributed by atoms with Gasteiger partial charge in [-0.25, -0.2) is 4.98 Å². The van der Waals surface area contributed by atoms with Crippen molar-refractivity contribution in [3.63, 3.8) is 0 Å². The number of hydrogen-bond donors (Lipinski definition) is 2.